The third kappa shape index (κ3) is 4.16. The Bertz CT molecular complexity index is 694. The number of anilines is 1. The third-order valence-corrected chi connectivity index (χ3v) is 3.10. The van der Waals surface area contributed by atoms with E-state index in [9.17, 15) is 13.2 Å². The maximum atomic E-state index is 13.1. The first kappa shape index (κ1) is 16.7. The van der Waals surface area contributed by atoms with Gasteiger partial charge in [0.25, 0.3) is 0 Å². The fourth-order valence-electron chi connectivity index (χ4n) is 1.97. The van der Waals surface area contributed by atoms with Crippen molar-refractivity contribution in [1.82, 2.24) is 15.0 Å². The summed E-state index contributed by atoms with van der Waals surface area (Å²) in [5.41, 5.74) is -0.769. The van der Waals surface area contributed by atoms with Crippen LogP contribution in [0.25, 0.3) is 11.5 Å². The highest BCUT2D eigenvalue weighted by Gasteiger charge is 2.34. The van der Waals surface area contributed by atoms with E-state index in [1.807, 2.05) is 6.07 Å². The highest BCUT2D eigenvalue weighted by Crippen LogP contribution is 2.31. The van der Waals surface area contributed by atoms with Crippen molar-refractivity contribution < 1.29 is 13.2 Å². The number of nitrogens with zero attached hydrogens (tertiary/aromatic N) is 5. The second-order valence-corrected chi connectivity index (χ2v) is 4.64. The predicted octanol–water partition coefficient (Wildman–Crippen LogP) is 3.30. The second kappa shape index (κ2) is 7.05. The molecule has 8 heteroatoms. The minimum absolute atomic E-state index is 0.0918. The maximum Gasteiger partial charge on any atom is 0.433 e. The minimum Gasteiger partial charge on any atom is -0.356 e. The first-order chi connectivity index (χ1) is 11.0. The molecule has 0 aliphatic heterocycles. The van der Waals surface area contributed by atoms with E-state index in [0.29, 0.717) is 13.1 Å². The summed E-state index contributed by atoms with van der Waals surface area (Å²) in [6.45, 7) is 2.51. The molecule has 23 heavy (non-hydrogen) atoms. The highest BCUT2D eigenvalue weighted by atomic mass is 19.4. The first-order valence-electron chi connectivity index (χ1n) is 6.95. The highest BCUT2D eigenvalue weighted by molar-refractivity contribution is 5.54. The Morgan fingerprint density at radius 2 is 2.04 bits per heavy atom. The van der Waals surface area contributed by atoms with Crippen LogP contribution in [0.4, 0.5) is 19.0 Å². The average molecular weight is 321 g/mol. The zero-order valence-electron chi connectivity index (χ0n) is 12.4. The Morgan fingerprint density at radius 3 is 2.61 bits per heavy atom. The van der Waals surface area contributed by atoms with Crippen molar-refractivity contribution in [2.45, 2.75) is 19.5 Å². The largest absolute Gasteiger partial charge is 0.433 e. The minimum atomic E-state index is -4.59. The maximum absolute atomic E-state index is 13.1. The molecule has 2 rings (SSSR count). The van der Waals surface area contributed by atoms with Crippen LogP contribution in [0.2, 0.25) is 0 Å². The molecule has 0 saturated carbocycles. The number of aromatic nitrogens is 3. The van der Waals surface area contributed by atoms with Gasteiger partial charge in [0.2, 0.25) is 0 Å². The topological polar surface area (TPSA) is 65.7 Å². The van der Waals surface area contributed by atoms with Crippen LogP contribution in [-0.2, 0) is 6.18 Å². The van der Waals surface area contributed by atoms with Gasteiger partial charge >= 0.3 is 6.18 Å². The fourth-order valence-corrected chi connectivity index (χ4v) is 1.97. The monoisotopic (exact) mass is 321 g/mol. The Kier molecular flexibility index (Phi) is 5.11. The van der Waals surface area contributed by atoms with Crippen LogP contribution in [0.5, 0.6) is 0 Å². The van der Waals surface area contributed by atoms with Crippen molar-refractivity contribution in [1.29, 1.82) is 5.26 Å². The molecule has 0 amide bonds. The number of rotatable bonds is 5. The Balaban J connectivity index is 2.52. The third-order valence-electron chi connectivity index (χ3n) is 3.10. The van der Waals surface area contributed by atoms with Gasteiger partial charge in [0.05, 0.1) is 12.5 Å². The average Bonchev–Trinajstić information content (AvgIpc) is 2.55. The molecule has 2 heterocycles. The lowest BCUT2D eigenvalue weighted by Crippen LogP contribution is -2.26. The Hall–Kier alpha value is -2.69. The summed E-state index contributed by atoms with van der Waals surface area (Å²) in [5, 5.41) is 8.67. The van der Waals surface area contributed by atoms with E-state index in [-0.39, 0.29) is 23.8 Å². The molecule has 5 nitrogen and oxygen atoms in total. The molecule has 0 unspecified atom stereocenters. The van der Waals surface area contributed by atoms with Crippen LogP contribution >= 0.6 is 0 Å². The normalized spacial score (nSPS) is 11.1. The van der Waals surface area contributed by atoms with E-state index in [1.54, 1.807) is 30.0 Å². The molecular formula is C15H14F3N5. The van der Waals surface area contributed by atoms with Crippen molar-refractivity contribution in [3.63, 3.8) is 0 Å². The molecule has 0 aliphatic rings. The molecule has 0 aromatic carbocycles. The SMILES string of the molecule is CCN(CCC#N)c1cc(C(F)(F)F)nc(-c2ccccn2)n1. The van der Waals surface area contributed by atoms with Gasteiger partial charge in [-0.05, 0) is 19.1 Å². The molecule has 0 aliphatic carbocycles. The summed E-state index contributed by atoms with van der Waals surface area (Å²) in [6, 6.07) is 7.72. The van der Waals surface area contributed by atoms with E-state index >= 15 is 0 Å². The van der Waals surface area contributed by atoms with Gasteiger partial charge in [-0.15, -0.1) is 0 Å². The summed E-state index contributed by atoms with van der Waals surface area (Å²) >= 11 is 0. The lowest BCUT2D eigenvalue weighted by Gasteiger charge is -2.22. The van der Waals surface area contributed by atoms with Crippen LogP contribution < -0.4 is 4.90 Å². The number of nitriles is 1. The predicted molar refractivity (Wildman–Crippen MR) is 78.4 cm³/mol. The van der Waals surface area contributed by atoms with Gasteiger partial charge in [-0.25, -0.2) is 9.97 Å². The van der Waals surface area contributed by atoms with Crippen LogP contribution in [0.3, 0.4) is 0 Å². The van der Waals surface area contributed by atoms with E-state index in [2.05, 4.69) is 15.0 Å². The van der Waals surface area contributed by atoms with Crippen molar-refractivity contribution in [3.8, 4) is 17.6 Å². The fraction of sp³-hybridized carbons (Fsp3) is 0.333. The molecule has 0 saturated heterocycles. The van der Waals surface area contributed by atoms with Gasteiger partial charge in [-0.2, -0.15) is 18.4 Å². The molecule has 0 N–H and O–H groups in total. The summed E-state index contributed by atoms with van der Waals surface area (Å²) in [4.78, 5) is 13.4. The van der Waals surface area contributed by atoms with E-state index in [4.69, 9.17) is 5.26 Å². The molecular weight excluding hydrogens is 307 g/mol. The van der Waals surface area contributed by atoms with Gasteiger partial charge in [0, 0.05) is 25.4 Å². The smallest absolute Gasteiger partial charge is 0.356 e. The van der Waals surface area contributed by atoms with Crippen LogP contribution in [0.15, 0.2) is 30.5 Å². The first-order valence-corrected chi connectivity index (χ1v) is 6.95. The molecule has 0 radical (unpaired) electrons. The zero-order valence-corrected chi connectivity index (χ0v) is 12.4. The second-order valence-electron chi connectivity index (χ2n) is 4.64. The van der Waals surface area contributed by atoms with Gasteiger partial charge in [-0.3, -0.25) is 4.98 Å². The number of halogens is 3. The van der Waals surface area contributed by atoms with Crippen LogP contribution in [0, 0.1) is 11.3 Å². The van der Waals surface area contributed by atoms with Gasteiger partial charge in [0.1, 0.15) is 11.5 Å². The van der Waals surface area contributed by atoms with Crippen molar-refractivity contribution in [2.24, 2.45) is 0 Å². The molecule has 2 aromatic heterocycles. The molecule has 120 valence electrons. The van der Waals surface area contributed by atoms with Gasteiger partial charge in [-0.1, -0.05) is 6.07 Å². The molecule has 0 atom stereocenters. The lowest BCUT2D eigenvalue weighted by molar-refractivity contribution is -0.141. The lowest BCUT2D eigenvalue weighted by atomic mass is 10.3. The summed E-state index contributed by atoms with van der Waals surface area (Å²) < 4.78 is 39.3. The molecule has 0 bridgehead atoms. The van der Waals surface area contributed by atoms with Gasteiger partial charge in [0.15, 0.2) is 11.5 Å². The van der Waals surface area contributed by atoms with Gasteiger partial charge < -0.3 is 4.90 Å². The van der Waals surface area contributed by atoms with Crippen LogP contribution in [0.1, 0.15) is 19.0 Å². The molecule has 0 fully saturated rings. The quantitative estimate of drug-likeness (QED) is 0.845. The van der Waals surface area contributed by atoms with E-state index < -0.39 is 11.9 Å². The van der Waals surface area contributed by atoms with Crippen molar-refractivity contribution >= 4 is 5.82 Å². The van der Waals surface area contributed by atoms with E-state index in [0.717, 1.165) is 6.07 Å². The Morgan fingerprint density at radius 1 is 1.26 bits per heavy atom. The number of alkyl halides is 3. The zero-order chi connectivity index (χ0) is 16.9. The standard InChI is InChI=1S/C15H14F3N5/c1-2-23(9-5-7-19)13-10-12(15(16,17)18)21-14(22-13)11-6-3-4-8-20-11/h3-4,6,8,10H,2,5,9H2,1H3. The van der Waals surface area contributed by atoms with E-state index in [1.165, 1.54) is 6.20 Å². The summed E-state index contributed by atoms with van der Waals surface area (Å²) in [5.74, 6) is 0.0385. The van der Waals surface area contributed by atoms with Crippen LogP contribution in [-0.4, -0.2) is 28.0 Å². The summed E-state index contributed by atoms with van der Waals surface area (Å²) in [7, 11) is 0. The molecule has 0 spiro atoms. The number of hydrogen-bond acceptors (Lipinski definition) is 5. The Labute approximate surface area is 131 Å². The number of hydrogen-bond donors (Lipinski definition) is 0. The van der Waals surface area contributed by atoms with Crippen molar-refractivity contribution in [2.75, 3.05) is 18.0 Å². The van der Waals surface area contributed by atoms with Crippen molar-refractivity contribution in [3.05, 3.63) is 36.2 Å². The molecule has 2 aromatic rings. The number of pyridine rings is 1. The summed E-state index contributed by atoms with van der Waals surface area (Å²) in [6.07, 6.45) is -2.93.